The van der Waals surface area contributed by atoms with Crippen LogP contribution >= 0.6 is 0 Å². The quantitative estimate of drug-likeness (QED) is 0.0460. The van der Waals surface area contributed by atoms with Crippen LogP contribution in [0.4, 0.5) is 0 Å². The van der Waals surface area contributed by atoms with Gasteiger partial charge in [0.25, 0.3) is 0 Å². The molecule has 0 aliphatic carbocycles. The summed E-state index contributed by atoms with van der Waals surface area (Å²) >= 11 is 0. The summed E-state index contributed by atoms with van der Waals surface area (Å²) in [6, 6.07) is 9.19. The molecule has 0 aliphatic rings. The molecule has 1 aromatic carbocycles. The van der Waals surface area contributed by atoms with Gasteiger partial charge >= 0.3 is 41.8 Å². The average molecular weight is 878 g/mol. The van der Waals surface area contributed by atoms with E-state index >= 15 is 0 Å². The topological polar surface area (TPSA) is 274 Å². The minimum absolute atomic E-state index is 0.0239. The Bertz CT molecular complexity index is 1610. The van der Waals surface area contributed by atoms with Gasteiger partial charge in [0, 0.05) is 17.7 Å². The smallest absolute Gasteiger partial charge is 0.333 e. The second kappa shape index (κ2) is 39.2. The summed E-state index contributed by atoms with van der Waals surface area (Å²) in [5, 5.41) is 2.42. The second-order valence-corrected chi connectivity index (χ2v) is 11.6. The first kappa shape index (κ1) is 59.1. The molecule has 1 rings (SSSR count). The molecule has 0 spiro atoms. The summed E-state index contributed by atoms with van der Waals surface area (Å²) in [5.74, 6) is -4.25. The highest BCUT2D eigenvalue weighted by Crippen LogP contribution is 2.08. The monoisotopic (exact) mass is 877 g/mol. The molecule has 0 heterocycles. The van der Waals surface area contributed by atoms with Crippen LogP contribution in [0.2, 0.25) is 0 Å². The largest absolute Gasteiger partial charge is 0.493 e. The average Bonchev–Trinajstić information content (AvgIpc) is 3.21. The Morgan fingerprint density at radius 1 is 0.500 bits per heavy atom. The van der Waals surface area contributed by atoms with E-state index in [1.807, 2.05) is 18.2 Å². The fourth-order valence-corrected chi connectivity index (χ4v) is 3.14. The minimum atomic E-state index is -0.618. The maximum atomic E-state index is 11.3. The zero-order chi connectivity index (χ0) is 47.7. The van der Waals surface area contributed by atoms with Gasteiger partial charge < -0.3 is 43.2 Å². The lowest BCUT2D eigenvalue weighted by atomic mass is 10.3. The molecule has 0 saturated carbocycles. The molecule has 342 valence electrons. The van der Waals surface area contributed by atoms with Crippen molar-refractivity contribution in [1.82, 2.24) is 5.32 Å². The fraction of sp³-hybridized carbons (Fsp3) is 0.405. The maximum Gasteiger partial charge on any atom is 0.333 e. The van der Waals surface area contributed by atoms with Gasteiger partial charge in [-0.2, -0.15) is 0 Å². The van der Waals surface area contributed by atoms with Crippen LogP contribution in [0, 0.1) is 0 Å². The molecule has 62 heavy (non-hydrogen) atoms. The van der Waals surface area contributed by atoms with Crippen LogP contribution in [0.5, 0.6) is 5.75 Å². The number of carbonyl (C=O) groups is 11. The Kier molecular flexibility index (Phi) is 37.4. The summed E-state index contributed by atoms with van der Waals surface area (Å²) in [5.41, 5.74) is 0.282. The molecule has 20 heteroatoms. The molecule has 0 aliphatic heterocycles. The number of carbonyl (C=O) groups excluding carboxylic acids is 11. The zero-order valence-electron chi connectivity index (χ0n) is 35.4. The normalized spacial score (nSPS) is 9.16. The second-order valence-electron chi connectivity index (χ2n) is 11.6. The van der Waals surface area contributed by atoms with Crippen LogP contribution in [-0.4, -0.2) is 124 Å². The summed E-state index contributed by atoms with van der Waals surface area (Å²) in [6.45, 7) is 18.9. The van der Waals surface area contributed by atoms with E-state index in [0.717, 1.165) is 18.2 Å². The molecule has 0 unspecified atom stereocenters. The van der Waals surface area contributed by atoms with E-state index in [0.29, 0.717) is 5.75 Å². The Labute approximate surface area is 359 Å². The lowest BCUT2D eigenvalue weighted by Gasteiger charge is -2.06. The van der Waals surface area contributed by atoms with Gasteiger partial charge in [-0.25, -0.2) is 14.4 Å². The predicted molar refractivity (Wildman–Crippen MR) is 218 cm³/mol. The summed E-state index contributed by atoms with van der Waals surface area (Å²) in [7, 11) is 0. The molecule has 0 aromatic heterocycles. The van der Waals surface area contributed by atoms with E-state index in [2.05, 4.69) is 60.1 Å². The predicted octanol–water partition coefficient (Wildman–Crippen LogP) is 2.40. The molecule has 0 radical (unpaired) electrons. The summed E-state index contributed by atoms with van der Waals surface area (Å²) < 4.78 is 37.9. The van der Waals surface area contributed by atoms with Crippen LogP contribution in [-0.2, 0) is 85.9 Å². The summed E-state index contributed by atoms with van der Waals surface area (Å²) in [4.78, 5) is 118. The van der Waals surface area contributed by atoms with Crippen molar-refractivity contribution in [3.8, 4) is 5.75 Å². The lowest BCUT2D eigenvalue weighted by Crippen LogP contribution is -2.26. The van der Waals surface area contributed by atoms with Gasteiger partial charge in [-0.15, -0.1) is 0 Å². The van der Waals surface area contributed by atoms with E-state index in [4.69, 9.17) is 9.47 Å². The van der Waals surface area contributed by atoms with Crippen LogP contribution in [0.1, 0.15) is 53.4 Å². The molecule has 20 nitrogen and oxygen atoms in total. The van der Waals surface area contributed by atoms with Gasteiger partial charge in [0.2, 0.25) is 5.91 Å². The number of ketones is 3. The molecule has 0 atom stereocenters. The molecule has 1 amide bonds. The fourth-order valence-electron chi connectivity index (χ4n) is 3.14. The minimum Gasteiger partial charge on any atom is -0.493 e. The van der Waals surface area contributed by atoms with E-state index in [1.165, 1.54) is 27.7 Å². The van der Waals surface area contributed by atoms with Crippen molar-refractivity contribution in [3.63, 3.8) is 0 Å². The number of benzene rings is 1. The van der Waals surface area contributed by atoms with Crippen molar-refractivity contribution in [2.75, 3.05) is 59.4 Å². The maximum absolute atomic E-state index is 11.3. The standard InChI is InChI=1S/C14H16O5.C10H14O5.C9H13NO4.C9H12O5/c1-2-13(15)18-10-11-19-14(16)8-9-17-12-6-4-3-5-7-12;1-7(2)10(13)15-5-4-14-9(12)6-8(3)11;1-3-8(12)10-4-5-14-9(13)6-7(2)11;1-3-8(11)13-4-5-14-9(12)6-7(2)10/h2-7H,1,8-11H2;1,4-6H2,2-3H3;3H,1,4-6H2,2H3,(H,10,12);3H,1,4-6H2,2H3. The highest BCUT2D eigenvalue weighted by atomic mass is 16.6. The SMILES string of the molecule is C=C(C)C(=O)OCCOC(=O)CC(C)=O.C=CC(=O)NCCOC(=O)CC(C)=O.C=CC(=O)OCCOC(=O)CC(C)=O.C=CC(=O)OCCOC(=O)CCOc1ccccc1. The highest BCUT2D eigenvalue weighted by molar-refractivity contribution is 5.95. The zero-order valence-corrected chi connectivity index (χ0v) is 35.4. The number of para-hydroxylation sites is 1. The van der Waals surface area contributed by atoms with Crippen molar-refractivity contribution < 1.29 is 90.6 Å². The number of hydrogen-bond donors (Lipinski definition) is 1. The lowest BCUT2D eigenvalue weighted by molar-refractivity contribution is -0.151. The number of Topliss-reactive ketones (excluding diaryl/α,β-unsaturated/α-hetero) is 3. The van der Waals surface area contributed by atoms with E-state index in [1.54, 1.807) is 12.1 Å². The van der Waals surface area contributed by atoms with Crippen LogP contribution in [0.15, 0.2) is 80.4 Å². The van der Waals surface area contributed by atoms with Crippen molar-refractivity contribution in [3.05, 3.63) is 80.4 Å². The van der Waals surface area contributed by atoms with Crippen molar-refractivity contribution in [2.24, 2.45) is 0 Å². The Balaban J connectivity index is -0.000000756. The van der Waals surface area contributed by atoms with Gasteiger partial charge in [-0.05, 0) is 45.9 Å². The van der Waals surface area contributed by atoms with Gasteiger partial charge in [0.05, 0.1) is 19.6 Å². The van der Waals surface area contributed by atoms with Gasteiger partial charge in [-0.1, -0.05) is 44.5 Å². The first-order chi connectivity index (χ1) is 29.3. The first-order valence-electron chi connectivity index (χ1n) is 18.4. The van der Waals surface area contributed by atoms with Gasteiger partial charge in [0.15, 0.2) is 0 Å². The van der Waals surface area contributed by atoms with Gasteiger partial charge in [-0.3, -0.25) is 38.4 Å². The first-order valence-corrected chi connectivity index (χ1v) is 18.4. The third-order valence-corrected chi connectivity index (χ3v) is 5.79. The third kappa shape index (κ3) is 43.9. The van der Waals surface area contributed by atoms with Crippen LogP contribution in [0.25, 0.3) is 0 Å². The molecular weight excluding hydrogens is 822 g/mol. The van der Waals surface area contributed by atoms with Crippen LogP contribution < -0.4 is 10.1 Å². The molecule has 0 bridgehead atoms. The van der Waals surface area contributed by atoms with Crippen molar-refractivity contribution in [2.45, 2.75) is 53.4 Å². The number of nitrogens with one attached hydrogen (secondary N) is 1. The van der Waals surface area contributed by atoms with E-state index in [-0.39, 0.29) is 114 Å². The molecule has 1 aromatic rings. The van der Waals surface area contributed by atoms with E-state index < -0.39 is 41.8 Å². The Morgan fingerprint density at radius 3 is 1.27 bits per heavy atom. The molecule has 0 saturated heterocycles. The Morgan fingerprint density at radius 2 is 0.887 bits per heavy atom. The molecule has 1 N–H and O–H groups in total. The number of ether oxygens (including phenoxy) is 8. The van der Waals surface area contributed by atoms with Crippen molar-refractivity contribution in [1.29, 1.82) is 0 Å². The Hall–Kier alpha value is -7.25. The van der Waals surface area contributed by atoms with E-state index in [9.17, 15) is 52.7 Å². The highest BCUT2D eigenvalue weighted by Gasteiger charge is 2.09. The van der Waals surface area contributed by atoms with Gasteiger partial charge in [0.1, 0.15) is 88.6 Å². The van der Waals surface area contributed by atoms with Crippen molar-refractivity contribution >= 4 is 65.0 Å². The summed E-state index contributed by atoms with van der Waals surface area (Å²) in [6.07, 6.45) is 2.59. The van der Waals surface area contributed by atoms with Crippen LogP contribution in [0.3, 0.4) is 0 Å². The number of rotatable bonds is 26. The third-order valence-electron chi connectivity index (χ3n) is 5.79. The number of hydrogen-bond acceptors (Lipinski definition) is 19. The molecular formula is C42H55NO19. The molecule has 0 fully saturated rings. The number of amides is 1. The number of esters is 7.